The van der Waals surface area contributed by atoms with Crippen molar-refractivity contribution in [2.75, 3.05) is 5.73 Å². The van der Waals surface area contributed by atoms with Gasteiger partial charge in [0.1, 0.15) is 6.61 Å². The molecule has 0 aliphatic heterocycles. The Bertz CT molecular complexity index is 541. The van der Waals surface area contributed by atoms with Gasteiger partial charge in [-0.05, 0) is 28.7 Å². The van der Waals surface area contributed by atoms with Crippen LogP contribution in [0.15, 0.2) is 42.6 Å². The van der Waals surface area contributed by atoms with E-state index in [9.17, 15) is 0 Å². The fraction of sp³-hybridized carbons (Fsp3) is 0.312. The molecular formula is C16H20N2O. The molecule has 3 heteroatoms. The minimum Gasteiger partial charge on any atom is -0.485 e. The molecule has 100 valence electrons. The highest BCUT2D eigenvalue weighted by Crippen LogP contribution is 2.23. The van der Waals surface area contributed by atoms with E-state index in [0.29, 0.717) is 18.2 Å². The lowest BCUT2D eigenvalue weighted by atomic mass is 9.87. The predicted molar refractivity (Wildman–Crippen MR) is 78.1 cm³/mol. The minimum atomic E-state index is 0.174. The molecule has 0 unspecified atom stereocenters. The van der Waals surface area contributed by atoms with E-state index < -0.39 is 0 Å². The number of benzene rings is 1. The maximum Gasteiger partial charge on any atom is 0.166 e. The number of nitrogen functional groups attached to an aromatic ring is 1. The van der Waals surface area contributed by atoms with Crippen molar-refractivity contribution in [2.24, 2.45) is 0 Å². The van der Waals surface area contributed by atoms with Crippen LogP contribution in [-0.4, -0.2) is 4.98 Å². The Morgan fingerprint density at radius 3 is 2.37 bits per heavy atom. The van der Waals surface area contributed by atoms with Gasteiger partial charge in [-0.1, -0.05) is 45.0 Å². The van der Waals surface area contributed by atoms with Gasteiger partial charge < -0.3 is 10.5 Å². The highest BCUT2D eigenvalue weighted by Gasteiger charge is 2.12. The third-order valence-electron chi connectivity index (χ3n) is 3.01. The van der Waals surface area contributed by atoms with E-state index in [1.807, 2.05) is 12.1 Å². The quantitative estimate of drug-likeness (QED) is 0.913. The van der Waals surface area contributed by atoms with Crippen LogP contribution in [0.2, 0.25) is 0 Å². The third-order valence-corrected chi connectivity index (χ3v) is 3.01. The molecule has 19 heavy (non-hydrogen) atoms. The van der Waals surface area contributed by atoms with Crippen molar-refractivity contribution >= 4 is 5.82 Å². The average Bonchev–Trinajstić information content (AvgIpc) is 2.37. The summed E-state index contributed by atoms with van der Waals surface area (Å²) in [7, 11) is 0. The van der Waals surface area contributed by atoms with E-state index in [1.165, 1.54) is 5.56 Å². The summed E-state index contributed by atoms with van der Waals surface area (Å²) in [5.74, 6) is 1.05. The summed E-state index contributed by atoms with van der Waals surface area (Å²) in [6.45, 7) is 7.11. The summed E-state index contributed by atoms with van der Waals surface area (Å²) in [6.07, 6.45) is 1.65. The van der Waals surface area contributed by atoms with Crippen molar-refractivity contribution < 1.29 is 4.74 Å². The van der Waals surface area contributed by atoms with Crippen LogP contribution >= 0.6 is 0 Å². The Morgan fingerprint density at radius 1 is 1.11 bits per heavy atom. The molecule has 1 aromatic carbocycles. The normalized spacial score (nSPS) is 11.3. The number of aromatic nitrogens is 1. The van der Waals surface area contributed by atoms with Crippen molar-refractivity contribution in [3.05, 3.63) is 53.7 Å². The molecule has 0 fully saturated rings. The first-order chi connectivity index (χ1) is 8.97. The second-order valence-corrected chi connectivity index (χ2v) is 5.62. The molecule has 3 nitrogen and oxygen atoms in total. The van der Waals surface area contributed by atoms with Gasteiger partial charge >= 0.3 is 0 Å². The van der Waals surface area contributed by atoms with Crippen molar-refractivity contribution in [3.63, 3.8) is 0 Å². The van der Waals surface area contributed by atoms with Gasteiger partial charge in [-0.3, -0.25) is 0 Å². The highest BCUT2D eigenvalue weighted by atomic mass is 16.5. The van der Waals surface area contributed by atoms with Crippen LogP contribution in [0.25, 0.3) is 0 Å². The van der Waals surface area contributed by atoms with Gasteiger partial charge in [0, 0.05) is 6.20 Å². The fourth-order valence-corrected chi connectivity index (χ4v) is 1.79. The number of hydrogen-bond acceptors (Lipinski definition) is 3. The molecule has 2 rings (SSSR count). The molecule has 1 heterocycles. The summed E-state index contributed by atoms with van der Waals surface area (Å²) < 4.78 is 5.66. The number of anilines is 1. The van der Waals surface area contributed by atoms with Crippen molar-refractivity contribution in [1.29, 1.82) is 0 Å². The summed E-state index contributed by atoms with van der Waals surface area (Å²) in [6, 6.07) is 12.1. The van der Waals surface area contributed by atoms with Gasteiger partial charge in [0.25, 0.3) is 0 Å². The number of nitrogens with zero attached hydrogens (tertiary/aromatic N) is 1. The maximum atomic E-state index is 5.73. The van der Waals surface area contributed by atoms with Gasteiger partial charge in [-0.25, -0.2) is 4.98 Å². The summed E-state index contributed by atoms with van der Waals surface area (Å²) in [5, 5.41) is 0. The molecule has 0 atom stereocenters. The second-order valence-electron chi connectivity index (χ2n) is 5.62. The van der Waals surface area contributed by atoms with Crippen molar-refractivity contribution in [3.8, 4) is 5.75 Å². The van der Waals surface area contributed by atoms with Gasteiger partial charge in [-0.2, -0.15) is 0 Å². The smallest absolute Gasteiger partial charge is 0.166 e. The monoisotopic (exact) mass is 256 g/mol. The Balaban J connectivity index is 2.03. The zero-order valence-corrected chi connectivity index (χ0v) is 11.7. The molecule has 0 aliphatic rings. The van der Waals surface area contributed by atoms with E-state index in [0.717, 1.165) is 5.56 Å². The molecule has 0 amide bonds. The lowest BCUT2D eigenvalue weighted by molar-refractivity contribution is 0.307. The van der Waals surface area contributed by atoms with E-state index >= 15 is 0 Å². The summed E-state index contributed by atoms with van der Waals surface area (Å²) >= 11 is 0. The molecule has 0 spiro atoms. The largest absolute Gasteiger partial charge is 0.485 e. The third kappa shape index (κ3) is 3.47. The van der Waals surface area contributed by atoms with Crippen LogP contribution in [0.4, 0.5) is 5.82 Å². The van der Waals surface area contributed by atoms with Crippen LogP contribution in [0.1, 0.15) is 31.9 Å². The molecular weight excluding hydrogens is 236 g/mol. The number of ether oxygens (including phenoxy) is 1. The van der Waals surface area contributed by atoms with Crippen molar-refractivity contribution in [1.82, 2.24) is 4.98 Å². The van der Waals surface area contributed by atoms with Crippen LogP contribution in [0.5, 0.6) is 5.75 Å². The molecule has 0 saturated carbocycles. The Labute approximate surface area is 114 Å². The minimum absolute atomic E-state index is 0.174. The first kappa shape index (κ1) is 13.4. The van der Waals surface area contributed by atoms with Crippen LogP contribution in [0, 0.1) is 0 Å². The lowest BCUT2D eigenvalue weighted by Gasteiger charge is -2.19. The maximum absolute atomic E-state index is 5.73. The Hall–Kier alpha value is -2.03. The predicted octanol–water partition coefficient (Wildman–Crippen LogP) is 3.54. The first-order valence-electron chi connectivity index (χ1n) is 6.39. The van der Waals surface area contributed by atoms with Crippen LogP contribution in [-0.2, 0) is 12.0 Å². The standard InChI is InChI=1S/C16H20N2O/c1-16(2,3)13-8-6-12(7-9-13)11-19-14-5-4-10-18-15(14)17/h4-10H,11H2,1-3H3,(H2,17,18). The molecule has 2 aromatic rings. The average molecular weight is 256 g/mol. The second kappa shape index (κ2) is 5.31. The highest BCUT2D eigenvalue weighted by molar-refractivity contribution is 5.44. The van der Waals surface area contributed by atoms with E-state index in [4.69, 9.17) is 10.5 Å². The Morgan fingerprint density at radius 2 is 1.79 bits per heavy atom. The van der Waals surface area contributed by atoms with Gasteiger partial charge in [0.05, 0.1) is 0 Å². The molecule has 1 aromatic heterocycles. The Kier molecular flexibility index (Phi) is 3.74. The summed E-state index contributed by atoms with van der Waals surface area (Å²) in [5.41, 5.74) is 8.34. The molecule has 0 bridgehead atoms. The van der Waals surface area contributed by atoms with E-state index in [1.54, 1.807) is 6.20 Å². The lowest BCUT2D eigenvalue weighted by Crippen LogP contribution is -2.10. The van der Waals surface area contributed by atoms with E-state index in [-0.39, 0.29) is 5.41 Å². The number of pyridine rings is 1. The van der Waals surface area contributed by atoms with Gasteiger partial charge in [0.15, 0.2) is 11.6 Å². The molecule has 0 saturated heterocycles. The van der Waals surface area contributed by atoms with E-state index in [2.05, 4.69) is 50.0 Å². The van der Waals surface area contributed by atoms with Crippen molar-refractivity contribution in [2.45, 2.75) is 32.8 Å². The van der Waals surface area contributed by atoms with Crippen LogP contribution < -0.4 is 10.5 Å². The first-order valence-corrected chi connectivity index (χ1v) is 6.39. The SMILES string of the molecule is CC(C)(C)c1ccc(COc2cccnc2N)cc1. The molecule has 0 aliphatic carbocycles. The zero-order chi connectivity index (χ0) is 13.9. The number of hydrogen-bond donors (Lipinski definition) is 1. The fourth-order valence-electron chi connectivity index (χ4n) is 1.79. The van der Waals surface area contributed by atoms with Gasteiger partial charge in [-0.15, -0.1) is 0 Å². The molecule has 2 N–H and O–H groups in total. The topological polar surface area (TPSA) is 48.1 Å². The zero-order valence-electron chi connectivity index (χ0n) is 11.7. The number of nitrogens with two attached hydrogens (primary N) is 1. The van der Waals surface area contributed by atoms with Crippen LogP contribution in [0.3, 0.4) is 0 Å². The van der Waals surface area contributed by atoms with Gasteiger partial charge in [0.2, 0.25) is 0 Å². The summed E-state index contributed by atoms with van der Waals surface area (Å²) in [4.78, 5) is 3.99. The number of rotatable bonds is 3. The molecule has 0 radical (unpaired) electrons.